The van der Waals surface area contributed by atoms with Gasteiger partial charge in [0.15, 0.2) is 0 Å². The zero-order valence-corrected chi connectivity index (χ0v) is 10.6. The maximum Gasteiger partial charge on any atom is 0.248 e. The lowest BCUT2D eigenvalue weighted by Gasteiger charge is -2.17. The van der Waals surface area contributed by atoms with Crippen LogP contribution in [0.4, 0.5) is 0 Å². The molecule has 0 spiro atoms. The van der Waals surface area contributed by atoms with Crippen molar-refractivity contribution in [3.8, 4) is 0 Å². The van der Waals surface area contributed by atoms with Crippen molar-refractivity contribution < 1.29 is 4.79 Å². The number of rotatable bonds is 6. The summed E-state index contributed by atoms with van der Waals surface area (Å²) in [5.41, 5.74) is 7.04. The summed E-state index contributed by atoms with van der Waals surface area (Å²) in [6, 6.07) is 8.32. The molecule has 1 amide bonds. The molecule has 3 N–H and O–H groups in total. The Morgan fingerprint density at radius 2 is 1.72 bits per heavy atom. The topological polar surface area (TPSA) is 55.1 Å². The molecule has 0 aromatic heterocycles. The van der Waals surface area contributed by atoms with Crippen molar-refractivity contribution >= 4 is 5.91 Å². The summed E-state index contributed by atoms with van der Waals surface area (Å²) in [6.07, 6.45) is 5.59. The number of hydrogen-bond donors (Lipinski definition) is 2. The smallest absolute Gasteiger partial charge is 0.248 e. The SMILES string of the molecule is NC(=O)c1ccc(CNC(C2CC2)C2CC2)cc1. The number of carbonyl (C=O) groups excluding carboxylic acids is 1. The molecular weight excluding hydrogens is 224 g/mol. The fraction of sp³-hybridized carbons (Fsp3) is 0.533. The van der Waals surface area contributed by atoms with Gasteiger partial charge in [-0.3, -0.25) is 4.79 Å². The second-order valence-corrected chi connectivity index (χ2v) is 5.64. The van der Waals surface area contributed by atoms with E-state index in [9.17, 15) is 4.79 Å². The molecule has 96 valence electrons. The van der Waals surface area contributed by atoms with Crippen molar-refractivity contribution in [1.82, 2.24) is 5.32 Å². The van der Waals surface area contributed by atoms with Crippen LogP contribution in [0.1, 0.15) is 41.6 Å². The summed E-state index contributed by atoms with van der Waals surface area (Å²) in [5, 5.41) is 3.69. The lowest BCUT2D eigenvalue weighted by molar-refractivity contribution is 0.100. The van der Waals surface area contributed by atoms with Crippen LogP contribution >= 0.6 is 0 Å². The largest absolute Gasteiger partial charge is 0.366 e. The first-order valence-electron chi connectivity index (χ1n) is 6.86. The monoisotopic (exact) mass is 244 g/mol. The number of hydrogen-bond acceptors (Lipinski definition) is 2. The summed E-state index contributed by atoms with van der Waals surface area (Å²) in [6.45, 7) is 0.900. The molecule has 0 bridgehead atoms. The molecule has 2 aliphatic carbocycles. The van der Waals surface area contributed by atoms with Gasteiger partial charge in [0.05, 0.1) is 0 Å². The number of benzene rings is 1. The lowest BCUT2D eigenvalue weighted by atomic mass is 10.1. The summed E-state index contributed by atoms with van der Waals surface area (Å²) in [7, 11) is 0. The van der Waals surface area contributed by atoms with Crippen LogP contribution in [0.15, 0.2) is 24.3 Å². The second kappa shape index (κ2) is 4.73. The molecule has 3 rings (SSSR count). The highest BCUT2D eigenvalue weighted by molar-refractivity contribution is 5.92. The minimum atomic E-state index is -0.358. The minimum absolute atomic E-state index is 0.358. The van der Waals surface area contributed by atoms with Crippen molar-refractivity contribution in [2.45, 2.75) is 38.3 Å². The highest BCUT2D eigenvalue weighted by Gasteiger charge is 2.40. The summed E-state index contributed by atoms with van der Waals surface area (Å²) in [4.78, 5) is 11.0. The zero-order chi connectivity index (χ0) is 12.5. The molecular formula is C15H20N2O. The average Bonchev–Trinajstić information content (AvgIpc) is 3.24. The van der Waals surface area contributed by atoms with Gasteiger partial charge in [0.25, 0.3) is 0 Å². The minimum Gasteiger partial charge on any atom is -0.366 e. The normalized spacial score (nSPS) is 19.2. The molecule has 0 saturated heterocycles. The van der Waals surface area contributed by atoms with E-state index >= 15 is 0 Å². The Morgan fingerprint density at radius 1 is 1.17 bits per heavy atom. The van der Waals surface area contributed by atoms with E-state index in [1.165, 1.54) is 31.2 Å². The van der Waals surface area contributed by atoms with Crippen molar-refractivity contribution in [2.75, 3.05) is 0 Å². The highest BCUT2D eigenvalue weighted by atomic mass is 16.1. The molecule has 3 heteroatoms. The number of amides is 1. The van der Waals surface area contributed by atoms with E-state index in [4.69, 9.17) is 5.73 Å². The van der Waals surface area contributed by atoms with Gasteiger partial charge in [-0.2, -0.15) is 0 Å². The third-order valence-electron chi connectivity index (χ3n) is 4.04. The Balaban J connectivity index is 1.56. The summed E-state index contributed by atoms with van der Waals surface area (Å²) in [5.74, 6) is 1.48. The van der Waals surface area contributed by atoms with Gasteiger partial charge < -0.3 is 11.1 Å². The first-order chi connectivity index (χ1) is 8.74. The van der Waals surface area contributed by atoms with Crippen LogP contribution in [-0.2, 0) is 6.54 Å². The Kier molecular flexibility index (Phi) is 3.08. The maximum atomic E-state index is 11.0. The van der Waals surface area contributed by atoms with Crippen LogP contribution in [0.25, 0.3) is 0 Å². The third-order valence-corrected chi connectivity index (χ3v) is 4.04. The van der Waals surface area contributed by atoms with Crippen molar-refractivity contribution in [3.05, 3.63) is 35.4 Å². The fourth-order valence-electron chi connectivity index (χ4n) is 2.65. The quantitative estimate of drug-likeness (QED) is 0.804. The number of carbonyl (C=O) groups is 1. The van der Waals surface area contributed by atoms with Crippen LogP contribution < -0.4 is 11.1 Å². The predicted molar refractivity (Wildman–Crippen MR) is 71.0 cm³/mol. The van der Waals surface area contributed by atoms with E-state index in [0.29, 0.717) is 5.56 Å². The van der Waals surface area contributed by atoms with Crippen molar-refractivity contribution in [2.24, 2.45) is 17.6 Å². The van der Waals surface area contributed by atoms with Gasteiger partial charge in [-0.25, -0.2) is 0 Å². The second-order valence-electron chi connectivity index (χ2n) is 5.64. The Labute approximate surface area is 108 Å². The van der Waals surface area contributed by atoms with Gasteiger partial charge in [0.1, 0.15) is 0 Å². The van der Waals surface area contributed by atoms with Crippen LogP contribution in [0.3, 0.4) is 0 Å². The number of nitrogens with one attached hydrogen (secondary N) is 1. The van der Waals surface area contributed by atoms with E-state index in [1.807, 2.05) is 24.3 Å². The lowest BCUT2D eigenvalue weighted by Crippen LogP contribution is -2.32. The number of nitrogens with two attached hydrogens (primary N) is 1. The molecule has 2 saturated carbocycles. The molecule has 0 radical (unpaired) electrons. The van der Waals surface area contributed by atoms with Crippen LogP contribution in [0, 0.1) is 11.8 Å². The molecule has 0 aliphatic heterocycles. The van der Waals surface area contributed by atoms with Crippen LogP contribution in [-0.4, -0.2) is 11.9 Å². The van der Waals surface area contributed by atoms with Gasteiger partial charge in [-0.1, -0.05) is 12.1 Å². The number of primary amides is 1. The fourth-order valence-corrected chi connectivity index (χ4v) is 2.65. The third kappa shape index (κ3) is 2.72. The van der Waals surface area contributed by atoms with Gasteiger partial charge in [0.2, 0.25) is 5.91 Å². The molecule has 18 heavy (non-hydrogen) atoms. The standard InChI is InChI=1S/C15H20N2O/c16-15(18)13-3-1-10(2-4-13)9-17-14(11-5-6-11)12-7-8-12/h1-4,11-12,14,17H,5-9H2,(H2,16,18). The molecule has 0 atom stereocenters. The van der Waals surface area contributed by atoms with Gasteiger partial charge in [-0.15, -0.1) is 0 Å². The van der Waals surface area contributed by atoms with Gasteiger partial charge >= 0.3 is 0 Å². The van der Waals surface area contributed by atoms with E-state index in [2.05, 4.69) is 5.32 Å². The molecule has 2 aliphatic rings. The van der Waals surface area contributed by atoms with E-state index in [1.54, 1.807) is 0 Å². The first kappa shape index (κ1) is 11.7. The van der Waals surface area contributed by atoms with Crippen LogP contribution in [0.2, 0.25) is 0 Å². The molecule has 1 aromatic rings. The molecule has 0 heterocycles. The summed E-state index contributed by atoms with van der Waals surface area (Å²) >= 11 is 0. The van der Waals surface area contributed by atoms with Gasteiger partial charge in [0, 0.05) is 18.2 Å². The van der Waals surface area contributed by atoms with E-state index in [-0.39, 0.29) is 5.91 Å². The van der Waals surface area contributed by atoms with Crippen molar-refractivity contribution in [3.63, 3.8) is 0 Å². The van der Waals surface area contributed by atoms with E-state index in [0.717, 1.165) is 24.4 Å². The highest BCUT2D eigenvalue weighted by Crippen LogP contribution is 2.44. The first-order valence-corrected chi connectivity index (χ1v) is 6.86. The van der Waals surface area contributed by atoms with Crippen molar-refractivity contribution in [1.29, 1.82) is 0 Å². The maximum absolute atomic E-state index is 11.0. The predicted octanol–water partition coefficient (Wildman–Crippen LogP) is 2.06. The Hall–Kier alpha value is -1.35. The van der Waals surface area contributed by atoms with Gasteiger partial charge in [-0.05, 0) is 55.2 Å². The molecule has 1 aromatic carbocycles. The summed E-state index contributed by atoms with van der Waals surface area (Å²) < 4.78 is 0. The average molecular weight is 244 g/mol. The Bertz CT molecular complexity index is 420. The van der Waals surface area contributed by atoms with Crippen LogP contribution in [0.5, 0.6) is 0 Å². The zero-order valence-electron chi connectivity index (χ0n) is 10.6. The molecule has 2 fully saturated rings. The Morgan fingerprint density at radius 3 is 2.17 bits per heavy atom. The molecule has 0 unspecified atom stereocenters. The van der Waals surface area contributed by atoms with E-state index < -0.39 is 0 Å². The molecule has 3 nitrogen and oxygen atoms in total.